The number of hydrogen-bond acceptors (Lipinski definition) is 3. The van der Waals surface area contributed by atoms with Gasteiger partial charge < -0.3 is 20.1 Å². The molecule has 1 spiro atoms. The molecule has 1 heterocycles. The van der Waals surface area contributed by atoms with Crippen LogP contribution in [0.4, 0.5) is 0 Å². The second-order valence-electron chi connectivity index (χ2n) is 9.03. The van der Waals surface area contributed by atoms with Gasteiger partial charge in [0.1, 0.15) is 0 Å². The average Bonchev–Trinajstić information content (AvgIpc) is 3.23. The summed E-state index contributed by atoms with van der Waals surface area (Å²) in [5, 5.41) is 7.49. The quantitative estimate of drug-likeness (QED) is 0.247. The van der Waals surface area contributed by atoms with E-state index in [1.807, 2.05) is 7.05 Å². The Morgan fingerprint density at radius 3 is 2.59 bits per heavy atom. The smallest absolute Gasteiger partial charge is 0.191 e. The van der Waals surface area contributed by atoms with Crippen LogP contribution >= 0.6 is 24.0 Å². The average molecular weight is 491 g/mol. The van der Waals surface area contributed by atoms with Gasteiger partial charge in [0, 0.05) is 50.8 Å². The van der Waals surface area contributed by atoms with E-state index in [0.717, 1.165) is 38.7 Å². The van der Waals surface area contributed by atoms with Crippen LogP contribution in [-0.2, 0) is 9.47 Å². The van der Waals surface area contributed by atoms with E-state index in [-0.39, 0.29) is 24.0 Å². The van der Waals surface area contributed by atoms with Crippen LogP contribution in [0, 0.1) is 16.7 Å². The number of nitrogens with zero attached hydrogens (tertiary/aromatic N) is 1. The van der Waals surface area contributed by atoms with Crippen molar-refractivity contribution in [3.05, 3.63) is 0 Å². The van der Waals surface area contributed by atoms with Gasteiger partial charge in [-0.3, -0.25) is 4.99 Å². The van der Waals surface area contributed by atoms with Gasteiger partial charge in [-0.05, 0) is 50.9 Å². The van der Waals surface area contributed by atoms with Crippen LogP contribution in [0.25, 0.3) is 0 Å². The first kappa shape index (κ1) is 21.6. The van der Waals surface area contributed by atoms with Crippen molar-refractivity contribution < 1.29 is 9.47 Å². The first-order valence-corrected chi connectivity index (χ1v) is 10.9. The summed E-state index contributed by atoms with van der Waals surface area (Å²) in [5.41, 5.74) is 0.790. The lowest BCUT2D eigenvalue weighted by molar-refractivity contribution is -0.171. The Labute approximate surface area is 181 Å². The minimum Gasteiger partial charge on any atom is -0.382 e. The zero-order valence-electron chi connectivity index (χ0n) is 17.1. The molecule has 3 aliphatic carbocycles. The number of rotatable bonds is 7. The van der Waals surface area contributed by atoms with Crippen molar-refractivity contribution in [2.45, 2.75) is 76.9 Å². The molecular formula is C21H38IN3O2. The van der Waals surface area contributed by atoms with Crippen LogP contribution in [0.5, 0.6) is 0 Å². The summed E-state index contributed by atoms with van der Waals surface area (Å²) in [4.78, 5) is 4.56. The molecule has 0 aromatic heterocycles. The Hall–Kier alpha value is -0.0800. The van der Waals surface area contributed by atoms with E-state index in [4.69, 9.17) is 9.47 Å². The lowest BCUT2D eigenvalue weighted by Gasteiger charge is -2.63. The van der Waals surface area contributed by atoms with E-state index in [2.05, 4.69) is 22.5 Å². The maximum absolute atomic E-state index is 6.05. The van der Waals surface area contributed by atoms with E-state index in [1.165, 1.54) is 51.4 Å². The summed E-state index contributed by atoms with van der Waals surface area (Å²) in [5.74, 6) is 1.68. The molecule has 5 nitrogen and oxygen atoms in total. The monoisotopic (exact) mass is 491 g/mol. The van der Waals surface area contributed by atoms with E-state index in [0.29, 0.717) is 28.9 Å². The van der Waals surface area contributed by atoms with E-state index >= 15 is 0 Å². The molecule has 6 heteroatoms. The Kier molecular flexibility index (Phi) is 7.34. The summed E-state index contributed by atoms with van der Waals surface area (Å²) >= 11 is 0. The summed E-state index contributed by atoms with van der Waals surface area (Å²) in [6.07, 6.45) is 12.2. The summed E-state index contributed by atoms with van der Waals surface area (Å²) in [7, 11) is 1.91. The number of hydrogen-bond donors (Lipinski definition) is 2. The molecule has 4 aliphatic rings. The molecule has 27 heavy (non-hydrogen) atoms. The standard InChI is InChI=1S/C21H37N3O2.HI/c1-3-25-14-12-20(8-4-5-9-20)15-23-19(22-2)24-17-16-7-13-26-18(16)21(17)10-6-11-21;/h16-18H,3-15H2,1-2H3,(H2,22,23,24);1H. The van der Waals surface area contributed by atoms with Gasteiger partial charge in [-0.15, -0.1) is 24.0 Å². The van der Waals surface area contributed by atoms with Crippen molar-refractivity contribution in [2.75, 3.05) is 33.4 Å². The van der Waals surface area contributed by atoms with Gasteiger partial charge in [-0.25, -0.2) is 0 Å². The highest BCUT2D eigenvalue weighted by atomic mass is 127. The molecular weight excluding hydrogens is 453 g/mol. The SMILES string of the molecule is CCOCCC1(CNC(=NC)NC2C3CCOC3C23CCC3)CCCC1.I. The van der Waals surface area contributed by atoms with Gasteiger partial charge in [0.05, 0.1) is 6.10 Å². The highest BCUT2D eigenvalue weighted by molar-refractivity contribution is 14.0. The maximum Gasteiger partial charge on any atom is 0.191 e. The molecule has 0 radical (unpaired) electrons. The minimum atomic E-state index is 0. The molecule has 4 rings (SSSR count). The van der Waals surface area contributed by atoms with Gasteiger partial charge in [0.15, 0.2) is 5.96 Å². The summed E-state index contributed by atoms with van der Waals surface area (Å²) < 4.78 is 11.7. The topological polar surface area (TPSA) is 54.9 Å². The second kappa shape index (κ2) is 9.16. The molecule has 4 fully saturated rings. The van der Waals surface area contributed by atoms with Crippen LogP contribution in [0.2, 0.25) is 0 Å². The third kappa shape index (κ3) is 4.00. The van der Waals surface area contributed by atoms with Gasteiger partial charge in [-0.2, -0.15) is 0 Å². The molecule has 3 atom stereocenters. The number of aliphatic imine (C=N–C) groups is 1. The number of halogens is 1. The third-order valence-electron chi connectivity index (χ3n) is 7.83. The Morgan fingerprint density at radius 1 is 1.19 bits per heavy atom. The lowest BCUT2D eigenvalue weighted by Crippen LogP contribution is -2.72. The van der Waals surface area contributed by atoms with Gasteiger partial charge in [0.25, 0.3) is 0 Å². The molecule has 0 amide bonds. The van der Waals surface area contributed by atoms with Crippen LogP contribution in [0.1, 0.15) is 64.7 Å². The third-order valence-corrected chi connectivity index (χ3v) is 7.83. The molecule has 0 bridgehead atoms. The van der Waals surface area contributed by atoms with Crippen molar-refractivity contribution in [2.24, 2.45) is 21.7 Å². The van der Waals surface area contributed by atoms with Gasteiger partial charge >= 0.3 is 0 Å². The number of guanidine groups is 1. The molecule has 3 saturated carbocycles. The van der Waals surface area contributed by atoms with Crippen molar-refractivity contribution in [3.63, 3.8) is 0 Å². The Morgan fingerprint density at radius 2 is 1.96 bits per heavy atom. The van der Waals surface area contributed by atoms with Gasteiger partial charge in [-0.1, -0.05) is 19.3 Å². The van der Waals surface area contributed by atoms with Crippen molar-refractivity contribution in [1.82, 2.24) is 10.6 Å². The zero-order chi connectivity index (χ0) is 18.0. The van der Waals surface area contributed by atoms with E-state index < -0.39 is 0 Å². The highest BCUT2D eigenvalue weighted by Gasteiger charge is 2.66. The lowest BCUT2D eigenvalue weighted by atomic mass is 9.46. The molecule has 3 unspecified atom stereocenters. The molecule has 0 aromatic rings. The largest absolute Gasteiger partial charge is 0.382 e. The second-order valence-corrected chi connectivity index (χ2v) is 9.03. The fourth-order valence-corrected chi connectivity index (χ4v) is 6.14. The number of nitrogens with one attached hydrogen (secondary N) is 2. The van der Waals surface area contributed by atoms with Crippen molar-refractivity contribution >= 4 is 29.9 Å². The van der Waals surface area contributed by atoms with E-state index in [9.17, 15) is 0 Å². The summed E-state index contributed by atoms with van der Waals surface area (Å²) in [6, 6.07) is 0.554. The summed E-state index contributed by atoms with van der Waals surface area (Å²) in [6.45, 7) is 5.75. The molecule has 1 saturated heterocycles. The van der Waals surface area contributed by atoms with Crippen molar-refractivity contribution in [1.29, 1.82) is 0 Å². The first-order chi connectivity index (χ1) is 12.7. The minimum absolute atomic E-state index is 0. The normalized spacial score (nSPS) is 33.0. The van der Waals surface area contributed by atoms with Crippen molar-refractivity contribution in [3.8, 4) is 0 Å². The van der Waals surface area contributed by atoms with Gasteiger partial charge in [0.2, 0.25) is 0 Å². The van der Waals surface area contributed by atoms with Crippen LogP contribution in [0.3, 0.4) is 0 Å². The molecule has 0 aromatic carbocycles. The maximum atomic E-state index is 6.05. The fourth-order valence-electron chi connectivity index (χ4n) is 6.14. The molecule has 2 N–H and O–H groups in total. The van der Waals surface area contributed by atoms with Crippen LogP contribution in [0.15, 0.2) is 4.99 Å². The Bertz CT molecular complexity index is 518. The van der Waals surface area contributed by atoms with Crippen LogP contribution < -0.4 is 10.6 Å². The predicted octanol–water partition coefficient (Wildman–Crippen LogP) is 3.71. The predicted molar refractivity (Wildman–Crippen MR) is 120 cm³/mol. The fraction of sp³-hybridized carbons (Fsp3) is 0.952. The first-order valence-electron chi connectivity index (χ1n) is 10.9. The van der Waals surface area contributed by atoms with Crippen LogP contribution in [-0.4, -0.2) is 51.5 Å². The number of ether oxygens (including phenoxy) is 2. The van der Waals surface area contributed by atoms with E-state index in [1.54, 1.807) is 0 Å². The molecule has 156 valence electrons. The zero-order valence-corrected chi connectivity index (χ0v) is 19.4. The molecule has 1 aliphatic heterocycles. The number of fused-ring (bicyclic) bond motifs is 2. The Balaban J connectivity index is 0.00000210. The highest BCUT2D eigenvalue weighted by Crippen LogP contribution is 2.62.